The van der Waals surface area contributed by atoms with Crippen molar-refractivity contribution < 1.29 is 4.79 Å². The number of carbonyl (C=O) groups excluding carboxylic acids is 1. The number of nitrogens with zero attached hydrogens (tertiary/aromatic N) is 7. The summed E-state index contributed by atoms with van der Waals surface area (Å²) < 4.78 is 5.08. The molecule has 0 atom stereocenters. The first-order valence-electron chi connectivity index (χ1n) is 8.15. The monoisotopic (exact) mass is 350 g/mol. The molecule has 0 fully saturated rings. The molecule has 0 aliphatic carbocycles. The molecule has 132 valence electrons. The van der Waals surface area contributed by atoms with Gasteiger partial charge in [0.15, 0.2) is 5.65 Å². The van der Waals surface area contributed by atoms with Gasteiger partial charge in [-0.1, -0.05) is 0 Å². The first kappa shape index (κ1) is 16.0. The van der Waals surface area contributed by atoms with E-state index in [2.05, 4.69) is 25.6 Å². The van der Waals surface area contributed by atoms with Crippen molar-refractivity contribution in [2.45, 2.75) is 20.4 Å². The van der Waals surface area contributed by atoms with Gasteiger partial charge in [0, 0.05) is 30.7 Å². The molecule has 0 aliphatic heterocycles. The SMILES string of the molecule is Cc1cc(C)n(CC(=O)Nc2nc3ccc(-c4ccnn4C)cn3n2)n1. The number of rotatable bonds is 4. The minimum absolute atomic E-state index is 0.121. The second-order valence-corrected chi connectivity index (χ2v) is 6.13. The van der Waals surface area contributed by atoms with Gasteiger partial charge < -0.3 is 0 Å². The Morgan fingerprint density at radius 3 is 2.73 bits per heavy atom. The molecule has 0 unspecified atom stereocenters. The molecule has 0 saturated heterocycles. The second kappa shape index (κ2) is 6.10. The molecule has 0 bridgehead atoms. The van der Waals surface area contributed by atoms with Gasteiger partial charge in [0.25, 0.3) is 0 Å². The highest BCUT2D eigenvalue weighted by molar-refractivity contribution is 5.89. The van der Waals surface area contributed by atoms with E-state index in [1.807, 2.05) is 51.4 Å². The Bertz CT molecular complexity index is 1100. The topological polar surface area (TPSA) is 94.9 Å². The van der Waals surface area contributed by atoms with Crippen LogP contribution in [-0.4, -0.2) is 40.1 Å². The molecule has 0 spiro atoms. The minimum Gasteiger partial charge on any atom is -0.292 e. The summed E-state index contributed by atoms with van der Waals surface area (Å²) >= 11 is 0. The van der Waals surface area contributed by atoms with Crippen molar-refractivity contribution in [3.63, 3.8) is 0 Å². The van der Waals surface area contributed by atoms with Crippen LogP contribution < -0.4 is 5.32 Å². The van der Waals surface area contributed by atoms with E-state index in [1.165, 1.54) is 0 Å². The normalized spacial score (nSPS) is 11.2. The van der Waals surface area contributed by atoms with Crippen LogP contribution >= 0.6 is 0 Å². The lowest BCUT2D eigenvalue weighted by atomic mass is 10.2. The number of nitrogens with one attached hydrogen (secondary N) is 1. The van der Waals surface area contributed by atoms with Gasteiger partial charge >= 0.3 is 0 Å². The molecule has 9 nitrogen and oxygen atoms in total. The molecule has 4 heterocycles. The highest BCUT2D eigenvalue weighted by Gasteiger charge is 2.12. The molecule has 0 aliphatic rings. The third kappa shape index (κ3) is 2.94. The molecule has 4 aromatic rings. The summed E-state index contributed by atoms with van der Waals surface area (Å²) in [5.41, 5.74) is 4.39. The molecule has 26 heavy (non-hydrogen) atoms. The predicted octanol–water partition coefficient (Wildman–Crippen LogP) is 1.58. The van der Waals surface area contributed by atoms with Crippen LogP contribution in [0.2, 0.25) is 0 Å². The standard InChI is InChI=1S/C17H18N8O/c1-11-8-12(2)24(21-11)10-16(26)20-17-19-15-5-4-13(9-25(15)22-17)14-6-7-18-23(14)3/h4-9H,10H2,1-3H3,(H,20,22,26). The van der Waals surface area contributed by atoms with Gasteiger partial charge in [-0.25, -0.2) is 4.52 Å². The molecular formula is C17H18N8O. The fourth-order valence-electron chi connectivity index (χ4n) is 2.88. The maximum Gasteiger partial charge on any atom is 0.249 e. The van der Waals surface area contributed by atoms with E-state index in [4.69, 9.17) is 0 Å². The predicted molar refractivity (Wildman–Crippen MR) is 95.5 cm³/mol. The maximum atomic E-state index is 12.2. The zero-order valence-corrected chi connectivity index (χ0v) is 14.7. The van der Waals surface area contributed by atoms with Crippen LogP contribution in [0.4, 0.5) is 5.95 Å². The number of hydrogen-bond acceptors (Lipinski definition) is 5. The Morgan fingerprint density at radius 2 is 2.04 bits per heavy atom. The van der Waals surface area contributed by atoms with Crippen molar-refractivity contribution in [1.29, 1.82) is 0 Å². The summed E-state index contributed by atoms with van der Waals surface area (Å²) in [5, 5.41) is 15.5. The Kier molecular flexibility index (Phi) is 3.76. The third-order valence-corrected chi connectivity index (χ3v) is 4.10. The van der Waals surface area contributed by atoms with Gasteiger partial charge in [0.05, 0.1) is 11.4 Å². The van der Waals surface area contributed by atoms with Gasteiger partial charge in [-0.05, 0) is 38.1 Å². The average molecular weight is 350 g/mol. The van der Waals surface area contributed by atoms with Gasteiger partial charge in [-0.3, -0.25) is 19.5 Å². The van der Waals surface area contributed by atoms with Crippen LogP contribution in [0.15, 0.2) is 36.7 Å². The van der Waals surface area contributed by atoms with Crippen LogP contribution in [0, 0.1) is 13.8 Å². The number of anilines is 1. The summed E-state index contributed by atoms with van der Waals surface area (Å²) in [7, 11) is 1.88. The van der Waals surface area contributed by atoms with E-state index in [0.717, 1.165) is 22.6 Å². The molecule has 0 aromatic carbocycles. The number of carbonyl (C=O) groups is 1. The summed E-state index contributed by atoms with van der Waals surface area (Å²) in [4.78, 5) is 16.6. The first-order chi connectivity index (χ1) is 12.5. The Hall–Kier alpha value is -3.49. The number of aromatic nitrogens is 7. The summed E-state index contributed by atoms with van der Waals surface area (Å²) in [5.74, 6) is 0.0395. The van der Waals surface area contributed by atoms with Gasteiger partial charge in [0.2, 0.25) is 11.9 Å². The third-order valence-electron chi connectivity index (χ3n) is 4.10. The van der Waals surface area contributed by atoms with E-state index >= 15 is 0 Å². The second-order valence-electron chi connectivity index (χ2n) is 6.13. The molecule has 0 radical (unpaired) electrons. The van der Waals surface area contributed by atoms with Crippen LogP contribution in [0.25, 0.3) is 16.9 Å². The summed E-state index contributed by atoms with van der Waals surface area (Å²) in [6.07, 6.45) is 3.60. The van der Waals surface area contributed by atoms with E-state index < -0.39 is 0 Å². The molecular weight excluding hydrogens is 332 g/mol. The van der Waals surface area contributed by atoms with Crippen LogP contribution in [0.3, 0.4) is 0 Å². The molecule has 4 aromatic heterocycles. The molecule has 9 heteroatoms. The van der Waals surface area contributed by atoms with Gasteiger partial charge in [0.1, 0.15) is 6.54 Å². The minimum atomic E-state index is -0.223. The first-order valence-corrected chi connectivity index (χ1v) is 8.15. The van der Waals surface area contributed by atoms with E-state index in [1.54, 1.807) is 20.1 Å². The van der Waals surface area contributed by atoms with E-state index in [9.17, 15) is 4.79 Å². The molecule has 0 saturated carbocycles. The zero-order chi connectivity index (χ0) is 18.3. The van der Waals surface area contributed by atoms with Gasteiger partial charge in [-0.2, -0.15) is 15.2 Å². The number of pyridine rings is 1. The maximum absolute atomic E-state index is 12.2. The average Bonchev–Trinajstić information content (AvgIpc) is 3.25. The quantitative estimate of drug-likeness (QED) is 0.603. The van der Waals surface area contributed by atoms with Crippen molar-refractivity contribution in [2.24, 2.45) is 7.05 Å². The van der Waals surface area contributed by atoms with Crippen molar-refractivity contribution in [3.8, 4) is 11.3 Å². The lowest BCUT2D eigenvalue weighted by Crippen LogP contribution is -2.21. The van der Waals surface area contributed by atoms with Crippen LogP contribution in [0.5, 0.6) is 0 Å². The number of hydrogen-bond donors (Lipinski definition) is 1. The Morgan fingerprint density at radius 1 is 1.19 bits per heavy atom. The lowest BCUT2D eigenvalue weighted by molar-refractivity contribution is -0.117. The van der Waals surface area contributed by atoms with Crippen LogP contribution in [0.1, 0.15) is 11.4 Å². The fourth-order valence-corrected chi connectivity index (χ4v) is 2.88. The number of fused-ring (bicyclic) bond motifs is 1. The lowest BCUT2D eigenvalue weighted by Gasteiger charge is -2.03. The zero-order valence-electron chi connectivity index (χ0n) is 14.7. The Labute approximate surface area is 149 Å². The number of aryl methyl sites for hydroxylation is 3. The van der Waals surface area contributed by atoms with E-state index in [0.29, 0.717) is 5.65 Å². The Balaban J connectivity index is 1.55. The van der Waals surface area contributed by atoms with E-state index in [-0.39, 0.29) is 18.4 Å². The smallest absolute Gasteiger partial charge is 0.249 e. The highest BCUT2D eigenvalue weighted by atomic mass is 16.2. The largest absolute Gasteiger partial charge is 0.292 e. The van der Waals surface area contributed by atoms with Crippen molar-refractivity contribution in [1.82, 2.24) is 34.2 Å². The molecule has 1 N–H and O–H groups in total. The number of amides is 1. The fraction of sp³-hybridized carbons (Fsp3) is 0.235. The van der Waals surface area contributed by atoms with Crippen molar-refractivity contribution in [2.75, 3.05) is 5.32 Å². The molecule has 4 rings (SSSR count). The highest BCUT2D eigenvalue weighted by Crippen LogP contribution is 2.19. The molecule has 1 amide bonds. The van der Waals surface area contributed by atoms with Gasteiger partial charge in [-0.15, -0.1) is 5.10 Å². The van der Waals surface area contributed by atoms with Crippen molar-refractivity contribution in [3.05, 3.63) is 48.0 Å². The summed E-state index contributed by atoms with van der Waals surface area (Å²) in [6.45, 7) is 3.93. The van der Waals surface area contributed by atoms with Crippen molar-refractivity contribution >= 4 is 17.5 Å². The summed E-state index contributed by atoms with van der Waals surface area (Å²) in [6, 6.07) is 7.65. The van der Waals surface area contributed by atoms with Crippen LogP contribution in [-0.2, 0) is 18.4 Å².